The van der Waals surface area contributed by atoms with E-state index >= 15 is 0 Å². The lowest BCUT2D eigenvalue weighted by atomic mass is 10.1. The molecule has 0 unspecified atom stereocenters. The first-order valence-corrected chi connectivity index (χ1v) is 10.7. The molecule has 3 nitrogen and oxygen atoms in total. The van der Waals surface area contributed by atoms with Crippen molar-refractivity contribution in [3.8, 4) is 17.0 Å². The fourth-order valence-corrected chi connectivity index (χ4v) is 3.22. The summed E-state index contributed by atoms with van der Waals surface area (Å²) in [6.45, 7) is 4.27. The number of halogens is 1. The summed E-state index contributed by atoms with van der Waals surface area (Å²) in [5, 5.41) is 0. The zero-order chi connectivity index (χ0) is 21.3. The van der Waals surface area contributed by atoms with Gasteiger partial charge in [0.2, 0.25) is 0 Å². The van der Waals surface area contributed by atoms with Crippen LogP contribution < -0.4 is 4.74 Å². The summed E-state index contributed by atoms with van der Waals surface area (Å²) in [6, 6.07) is 15.9. The predicted octanol–water partition coefficient (Wildman–Crippen LogP) is 6.79. The van der Waals surface area contributed by atoms with Crippen molar-refractivity contribution < 1.29 is 13.9 Å². The molecule has 4 heteroatoms. The molecule has 0 bridgehead atoms. The number of benzene rings is 2. The molecule has 0 spiro atoms. The van der Waals surface area contributed by atoms with E-state index in [9.17, 15) is 9.18 Å². The van der Waals surface area contributed by atoms with Crippen LogP contribution in [0, 0.1) is 5.82 Å². The number of nitrogens with zero attached hydrogens (tertiary/aromatic N) is 1. The molecule has 0 aliphatic carbocycles. The highest BCUT2D eigenvalue weighted by Gasteiger charge is 2.13. The Balaban J connectivity index is 1.65. The van der Waals surface area contributed by atoms with E-state index in [2.05, 4.69) is 24.9 Å². The summed E-state index contributed by atoms with van der Waals surface area (Å²) in [5.41, 5.74) is 4.27. The van der Waals surface area contributed by atoms with Crippen LogP contribution in [0.4, 0.5) is 4.39 Å². The molecule has 0 saturated carbocycles. The average molecular weight is 406 g/mol. The molecule has 0 aliphatic heterocycles. The Kier molecular flexibility index (Phi) is 7.72. The topological polar surface area (TPSA) is 39.2 Å². The molecule has 1 aromatic heterocycles. The average Bonchev–Trinajstić information content (AvgIpc) is 2.78. The molecule has 0 N–H and O–H groups in total. The Morgan fingerprint density at radius 1 is 0.900 bits per heavy atom. The first-order valence-electron chi connectivity index (χ1n) is 10.7. The van der Waals surface area contributed by atoms with Crippen molar-refractivity contribution in [1.82, 2.24) is 4.98 Å². The third-order valence-electron chi connectivity index (χ3n) is 5.08. The van der Waals surface area contributed by atoms with Gasteiger partial charge in [0, 0.05) is 11.8 Å². The second kappa shape index (κ2) is 10.7. The maximum atomic E-state index is 14.3. The van der Waals surface area contributed by atoms with E-state index in [1.807, 2.05) is 24.4 Å². The van der Waals surface area contributed by atoms with Crippen molar-refractivity contribution >= 4 is 5.97 Å². The highest BCUT2D eigenvalue weighted by molar-refractivity contribution is 5.91. The van der Waals surface area contributed by atoms with Crippen LogP contribution in [0.25, 0.3) is 11.3 Å². The Morgan fingerprint density at radius 2 is 1.57 bits per heavy atom. The van der Waals surface area contributed by atoms with E-state index in [1.165, 1.54) is 17.7 Å². The van der Waals surface area contributed by atoms with Crippen LogP contribution in [0.1, 0.15) is 61.0 Å². The van der Waals surface area contributed by atoms with Gasteiger partial charge in [0.05, 0.1) is 11.3 Å². The second-order valence-corrected chi connectivity index (χ2v) is 7.49. The Morgan fingerprint density at radius 3 is 2.17 bits per heavy atom. The lowest BCUT2D eigenvalue weighted by Gasteiger charge is -2.08. The second-order valence-electron chi connectivity index (χ2n) is 7.49. The first-order chi connectivity index (χ1) is 14.6. The Labute approximate surface area is 177 Å². The number of pyridine rings is 1. The third-order valence-corrected chi connectivity index (χ3v) is 5.08. The van der Waals surface area contributed by atoms with Gasteiger partial charge >= 0.3 is 5.97 Å². The van der Waals surface area contributed by atoms with E-state index in [0.717, 1.165) is 55.3 Å². The van der Waals surface area contributed by atoms with Gasteiger partial charge < -0.3 is 4.74 Å². The highest BCUT2D eigenvalue weighted by Crippen LogP contribution is 2.22. The molecule has 30 heavy (non-hydrogen) atoms. The zero-order valence-corrected chi connectivity index (χ0v) is 17.7. The Hall–Kier alpha value is -3.01. The van der Waals surface area contributed by atoms with Crippen LogP contribution in [-0.2, 0) is 12.8 Å². The number of unbranched alkanes of at least 4 members (excludes halogenated alkanes) is 2. The first kappa shape index (κ1) is 21.7. The number of carbonyl (C=O) groups excluding carboxylic acids is 1. The van der Waals surface area contributed by atoms with Crippen LogP contribution in [-0.4, -0.2) is 11.0 Å². The lowest BCUT2D eigenvalue weighted by molar-refractivity contribution is 0.0728. The molecule has 0 amide bonds. The molecule has 2 aromatic carbocycles. The molecule has 0 fully saturated rings. The monoisotopic (exact) mass is 405 g/mol. The van der Waals surface area contributed by atoms with Crippen LogP contribution in [0.5, 0.6) is 5.75 Å². The number of carbonyl (C=O) groups is 1. The summed E-state index contributed by atoms with van der Waals surface area (Å²) in [5.74, 6) is -1.14. The van der Waals surface area contributed by atoms with Crippen molar-refractivity contribution in [2.75, 3.05) is 0 Å². The minimum atomic E-state index is -0.579. The SMILES string of the molecule is CCCCc1ccc(-c2ccc(C(=O)Oc3ccc(CCCC)cc3F)cc2)nc1. The number of aryl methyl sites for hydroxylation is 2. The predicted molar refractivity (Wildman–Crippen MR) is 118 cm³/mol. The third kappa shape index (κ3) is 5.76. The molecule has 0 radical (unpaired) electrons. The van der Waals surface area contributed by atoms with Gasteiger partial charge in [-0.05, 0) is 67.1 Å². The van der Waals surface area contributed by atoms with Gasteiger partial charge in [-0.25, -0.2) is 9.18 Å². The van der Waals surface area contributed by atoms with E-state index in [1.54, 1.807) is 18.2 Å². The molecule has 0 saturated heterocycles. The van der Waals surface area contributed by atoms with Gasteiger partial charge in [0.1, 0.15) is 0 Å². The summed E-state index contributed by atoms with van der Waals surface area (Å²) < 4.78 is 19.5. The quantitative estimate of drug-likeness (QED) is 0.290. The number of rotatable bonds is 9. The normalized spacial score (nSPS) is 10.8. The molecule has 156 valence electrons. The minimum Gasteiger partial charge on any atom is -0.420 e. The van der Waals surface area contributed by atoms with Crippen LogP contribution in [0.15, 0.2) is 60.8 Å². The van der Waals surface area contributed by atoms with Crippen molar-refractivity contribution in [3.63, 3.8) is 0 Å². The fraction of sp³-hybridized carbons (Fsp3) is 0.308. The number of ether oxygens (including phenoxy) is 1. The molecular formula is C26H28FNO2. The largest absolute Gasteiger partial charge is 0.420 e. The fourth-order valence-electron chi connectivity index (χ4n) is 3.22. The molecule has 3 aromatic rings. The number of hydrogen-bond donors (Lipinski definition) is 0. The van der Waals surface area contributed by atoms with Gasteiger partial charge in [0.15, 0.2) is 11.6 Å². The Bertz CT molecular complexity index is 965. The van der Waals surface area contributed by atoms with Crippen molar-refractivity contribution in [3.05, 3.63) is 83.3 Å². The number of aromatic nitrogens is 1. The molecule has 1 heterocycles. The molecular weight excluding hydrogens is 377 g/mol. The zero-order valence-electron chi connectivity index (χ0n) is 17.7. The van der Waals surface area contributed by atoms with Gasteiger partial charge in [-0.2, -0.15) is 0 Å². The van der Waals surface area contributed by atoms with Crippen LogP contribution in [0.2, 0.25) is 0 Å². The van der Waals surface area contributed by atoms with Gasteiger partial charge in [-0.3, -0.25) is 4.98 Å². The van der Waals surface area contributed by atoms with E-state index < -0.39 is 11.8 Å². The van der Waals surface area contributed by atoms with E-state index in [-0.39, 0.29) is 5.75 Å². The van der Waals surface area contributed by atoms with Crippen LogP contribution >= 0.6 is 0 Å². The summed E-state index contributed by atoms with van der Waals surface area (Å²) >= 11 is 0. The highest BCUT2D eigenvalue weighted by atomic mass is 19.1. The smallest absolute Gasteiger partial charge is 0.343 e. The number of esters is 1. The van der Waals surface area contributed by atoms with Crippen molar-refractivity contribution in [2.45, 2.75) is 52.4 Å². The minimum absolute atomic E-state index is 0.0475. The maximum absolute atomic E-state index is 14.3. The van der Waals surface area contributed by atoms with Gasteiger partial charge in [-0.15, -0.1) is 0 Å². The summed E-state index contributed by atoms with van der Waals surface area (Å²) in [6.07, 6.45) is 8.11. The molecule has 0 atom stereocenters. The molecule has 3 rings (SSSR count). The van der Waals surface area contributed by atoms with Crippen LogP contribution in [0.3, 0.4) is 0 Å². The van der Waals surface area contributed by atoms with E-state index in [0.29, 0.717) is 5.56 Å². The summed E-state index contributed by atoms with van der Waals surface area (Å²) in [7, 11) is 0. The van der Waals surface area contributed by atoms with Crippen molar-refractivity contribution in [2.24, 2.45) is 0 Å². The van der Waals surface area contributed by atoms with E-state index in [4.69, 9.17) is 4.74 Å². The standard InChI is InChI=1S/C26H28FNO2/c1-3-5-7-19-10-16-25(23(27)17-19)30-26(29)22-13-11-21(12-14-22)24-15-9-20(18-28-24)8-6-4-2/h9-18H,3-8H2,1-2H3. The summed E-state index contributed by atoms with van der Waals surface area (Å²) in [4.78, 5) is 16.9. The van der Waals surface area contributed by atoms with Gasteiger partial charge in [-0.1, -0.05) is 51.0 Å². The van der Waals surface area contributed by atoms with Gasteiger partial charge in [0.25, 0.3) is 0 Å². The number of hydrogen-bond acceptors (Lipinski definition) is 3. The lowest BCUT2D eigenvalue weighted by Crippen LogP contribution is -2.09. The van der Waals surface area contributed by atoms with Crippen molar-refractivity contribution in [1.29, 1.82) is 0 Å². The molecule has 0 aliphatic rings. The maximum Gasteiger partial charge on any atom is 0.343 e.